The smallest absolute Gasteiger partial charge is 0.265 e. The van der Waals surface area contributed by atoms with Crippen molar-refractivity contribution in [2.24, 2.45) is 5.10 Å². The molecule has 0 aliphatic carbocycles. The highest BCUT2D eigenvalue weighted by Gasteiger charge is 2.13. The Morgan fingerprint density at radius 2 is 1.89 bits per heavy atom. The van der Waals surface area contributed by atoms with E-state index in [2.05, 4.69) is 54.3 Å². The number of hydrogen-bond donors (Lipinski definition) is 2. The second-order valence-electron chi connectivity index (χ2n) is 6.23. The quantitative estimate of drug-likeness (QED) is 0.378. The number of H-pyrrole nitrogens is 1. The van der Waals surface area contributed by atoms with Crippen LogP contribution in [0.1, 0.15) is 12.5 Å². The summed E-state index contributed by atoms with van der Waals surface area (Å²) < 4.78 is 2.13. The molecule has 0 fully saturated rings. The fourth-order valence-electron chi connectivity index (χ4n) is 3.43. The molecule has 132 valence electrons. The lowest BCUT2D eigenvalue weighted by Crippen LogP contribution is -2.02. The highest BCUT2D eigenvalue weighted by atomic mass is 15.4. The van der Waals surface area contributed by atoms with Gasteiger partial charge in [-0.3, -0.25) is 0 Å². The molecule has 0 aliphatic heterocycles. The van der Waals surface area contributed by atoms with E-state index >= 15 is 0 Å². The van der Waals surface area contributed by atoms with Crippen LogP contribution in [0.3, 0.4) is 0 Å². The molecule has 0 atom stereocenters. The van der Waals surface area contributed by atoms with Crippen molar-refractivity contribution in [2.75, 3.05) is 5.43 Å². The molecule has 0 amide bonds. The molecule has 0 unspecified atom stereocenters. The second kappa shape index (κ2) is 6.21. The Balaban J connectivity index is 1.49. The molecule has 2 aromatic carbocycles. The number of hydrogen-bond acceptors (Lipinski definition) is 5. The van der Waals surface area contributed by atoms with Crippen molar-refractivity contribution in [3.05, 3.63) is 60.3 Å². The van der Waals surface area contributed by atoms with E-state index in [0.717, 1.165) is 45.1 Å². The maximum absolute atomic E-state index is 4.62. The molecule has 0 bridgehead atoms. The third-order valence-electron chi connectivity index (χ3n) is 4.68. The van der Waals surface area contributed by atoms with E-state index in [-0.39, 0.29) is 0 Å². The van der Waals surface area contributed by atoms with Gasteiger partial charge in [0.05, 0.1) is 11.7 Å². The molecule has 0 radical (unpaired) electrons. The number of hydrazone groups is 1. The number of rotatable bonds is 4. The van der Waals surface area contributed by atoms with Crippen LogP contribution in [0, 0.1) is 0 Å². The lowest BCUT2D eigenvalue weighted by Gasteiger charge is -2.02. The van der Waals surface area contributed by atoms with Crippen LogP contribution in [0.2, 0.25) is 0 Å². The van der Waals surface area contributed by atoms with Crippen molar-refractivity contribution in [1.82, 2.24) is 24.7 Å². The summed E-state index contributed by atoms with van der Waals surface area (Å²) in [7, 11) is 0. The zero-order valence-corrected chi connectivity index (χ0v) is 14.7. The van der Waals surface area contributed by atoms with Crippen LogP contribution < -0.4 is 5.43 Å². The Morgan fingerprint density at radius 3 is 2.78 bits per heavy atom. The molecular formula is C20H17N7. The fraction of sp³-hybridized carbons (Fsp3) is 0.100. The van der Waals surface area contributed by atoms with Gasteiger partial charge >= 0.3 is 0 Å². The van der Waals surface area contributed by atoms with E-state index in [0.29, 0.717) is 5.95 Å². The number of benzene rings is 2. The van der Waals surface area contributed by atoms with Crippen molar-refractivity contribution in [3.8, 4) is 0 Å². The first-order valence-electron chi connectivity index (χ1n) is 8.82. The lowest BCUT2D eigenvalue weighted by molar-refractivity contribution is 0.811. The first-order valence-corrected chi connectivity index (χ1v) is 8.82. The van der Waals surface area contributed by atoms with E-state index in [1.54, 1.807) is 6.21 Å². The van der Waals surface area contributed by atoms with E-state index in [4.69, 9.17) is 0 Å². The normalized spacial score (nSPS) is 11.9. The monoisotopic (exact) mass is 355 g/mol. The van der Waals surface area contributed by atoms with E-state index < -0.39 is 0 Å². The third-order valence-corrected chi connectivity index (χ3v) is 4.68. The summed E-state index contributed by atoms with van der Waals surface area (Å²) in [5, 5.41) is 15.0. The molecule has 2 N–H and O–H groups in total. The van der Waals surface area contributed by atoms with Crippen LogP contribution in [0.15, 0.2) is 59.8 Å². The van der Waals surface area contributed by atoms with Crippen LogP contribution in [-0.4, -0.2) is 30.9 Å². The second-order valence-corrected chi connectivity index (χ2v) is 6.23. The summed E-state index contributed by atoms with van der Waals surface area (Å²) in [6, 6.07) is 16.2. The molecule has 7 nitrogen and oxygen atoms in total. The molecule has 0 spiro atoms. The van der Waals surface area contributed by atoms with E-state index in [1.807, 2.05) is 42.6 Å². The number of aromatic nitrogens is 5. The van der Waals surface area contributed by atoms with E-state index in [9.17, 15) is 0 Å². The van der Waals surface area contributed by atoms with Crippen LogP contribution in [0.25, 0.3) is 33.0 Å². The predicted molar refractivity (Wildman–Crippen MR) is 108 cm³/mol. The molecule has 3 heterocycles. The Kier molecular flexibility index (Phi) is 3.57. The highest BCUT2D eigenvalue weighted by molar-refractivity contribution is 6.04. The summed E-state index contributed by atoms with van der Waals surface area (Å²) in [6.45, 7) is 2.90. The summed E-state index contributed by atoms with van der Waals surface area (Å²) in [4.78, 5) is 7.85. The summed E-state index contributed by atoms with van der Waals surface area (Å²) in [5.41, 5.74) is 7.68. The zero-order chi connectivity index (χ0) is 18.2. The predicted octanol–water partition coefficient (Wildman–Crippen LogP) is 3.93. The lowest BCUT2D eigenvalue weighted by atomic mass is 10.2. The van der Waals surface area contributed by atoms with Crippen molar-refractivity contribution in [2.45, 2.75) is 13.5 Å². The SMILES string of the molecule is CCn1c2ccccc2c2nnc(N/N=C\c3c[nH]c4ccccc34)nc21. The van der Waals surface area contributed by atoms with Gasteiger partial charge in [0, 0.05) is 34.6 Å². The molecule has 3 aromatic heterocycles. The van der Waals surface area contributed by atoms with Crippen molar-refractivity contribution in [1.29, 1.82) is 0 Å². The van der Waals surface area contributed by atoms with Gasteiger partial charge in [0.25, 0.3) is 5.95 Å². The van der Waals surface area contributed by atoms with Crippen LogP contribution in [0.5, 0.6) is 0 Å². The average Bonchev–Trinajstić information content (AvgIpc) is 3.26. The zero-order valence-electron chi connectivity index (χ0n) is 14.7. The molecule has 0 aliphatic rings. The summed E-state index contributed by atoms with van der Waals surface area (Å²) in [6.07, 6.45) is 3.68. The molecule has 0 saturated heterocycles. The highest BCUT2D eigenvalue weighted by Crippen LogP contribution is 2.26. The Labute approximate surface area is 154 Å². The first-order chi connectivity index (χ1) is 13.3. The average molecular weight is 355 g/mol. The Hall–Kier alpha value is -3.74. The fourth-order valence-corrected chi connectivity index (χ4v) is 3.43. The number of nitrogens with zero attached hydrogens (tertiary/aromatic N) is 5. The summed E-state index contributed by atoms with van der Waals surface area (Å²) in [5.74, 6) is 0.371. The minimum Gasteiger partial charge on any atom is -0.361 e. The van der Waals surface area contributed by atoms with Gasteiger partial charge in [-0.25, -0.2) is 5.43 Å². The van der Waals surface area contributed by atoms with E-state index in [1.165, 1.54) is 0 Å². The van der Waals surface area contributed by atoms with Crippen LogP contribution >= 0.6 is 0 Å². The van der Waals surface area contributed by atoms with Gasteiger partial charge in [-0.2, -0.15) is 10.1 Å². The molecule has 5 rings (SSSR count). The topological polar surface area (TPSA) is 83.8 Å². The van der Waals surface area contributed by atoms with Gasteiger partial charge < -0.3 is 9.55 Å². The minimum atomic E-state index is 0.371. The van der Waals surface area contributed by atoms with Crippen molar-refractivity contribution >= 4 is 45.1 Å². The number of aromatic amines is 1. The molecule has 7 heteroatoms. The van der Waals surface area contributed by atoms with Gasteiger partial charge in [0.15, 0.2) is 5.65 Å². The van der Waals surface area contributed by atoms with Crippen LogP contribution in [0.4, 0.5) is 5.95 Å². The van der Waals surface area contributed by atoms with Crippen molar-refractivity contribution in [3.63, 3.8) is 0 Å². The van der Waals surface area contributed by atoms with Gasteiger partial charge in [-0.1, -0.05) is 36.4 Å². The molecule has 5 aromatic rings. The first kappa shape index (κ1) is 15.5. The van der Waals surface area contributed by atoms with Gasteiger partial charge in [-0.15, -0.1) is 10.2 Å². The number of aryl methyl sites for hydroxylation is 1. The number of anilines is 1. The maximum Gasteiger partial charge on any atom is 0.265 e. The minimum absolute atomic E-state index is 0.371. The largest absolute Gasteiger partial charge is 0.361 e. The number of para-hydroxylation sites is 2. The van der Waals surface area contributed by atoms with Crippen LogP contribution in [-0.2, 0) is 6.54 Å². The molecule has 0 saturated carbocycles. The molecular weight excluding hydrogens is 338 g/mol. The third kappa shape index (κ3) is 2.52. The number of nitrogens with one attached hydrogen (secondary N) is 2. The van der Waals surface area contributed by atoms with Gasteiger partial charge in [0.2, 0.25) is 0 Å². The Morgan fingerprint density at radius 1 is 1.07 bits per heavy atom. The standard InChI is InChI=1S/C20H17N7/c1-2-27-17-10-6-4-8-15(17)18-19(27)23-20(26-24-18)25-22-12-13-11-21-16-9-5-3-7-14(13)16/h3-12,21H,2H2,1H3,(H,23,25,26)/b22-12-. The number of fused-ring (bicyclic) bond motifs is 4. The van der Waals surface area contributed by atoms with Gasteiger partial charge in [0.1, 0.15) is 5.52 Å². The summed E-state index contributed by atoms with van der Waals surface area (Å²) >= 11 is 0. The van der Waals surface area contributed by atoms with Gasteiger partial charge in [-0.05, 0) is 19.1 Å². The molecule has 27 heavy (non-hydrogen) atoms. The van der Waals surface area contributed by atoms with Crippen molar-refractivity contribution < 1.29 is 0 Å². The maximum atomic E-state index is 4.62. The Bertz CT molecular complexity index is 1300.